The molecule has 0 aliphatic rings. The van der Waals surface area contributed by atoms with E-state index in [1.165, 1.54) is 16.5 Å². The van der Waals surface area contributed by atoms with E-state index in [0.29, 0.717) is 18.1 Å². The van der Waals surface area contributed by atoms with Crippen molar-refractivity contribution in [2.75, 3.05) is 6.54 Å². The summed E-state index contributed by atoms with van der Waals surface area (Å²) < 4.78 is 5.49. The Bertz CT molecular complexity index is 686. The SMILES string of the molecule is Cc1ccc(C(C)CCN)c2ccoc12.O=C(O)C=CC(=O)O. The van der Waals surface area contributed by atoms with E-state index in [9.17, 15) is 9.59 Å². The lowest BCUT2D eigenvalue weighted by Crippen LogP contribution is -2.04. The number of rotatable bonds is 5. The largest absolute Gasteiger partial charge is 0.478 e. The fourth-order valence-electron chi connectivity index (χ4n) is 2.20. The zero-order valence-electron chi connectivity index (χ0n) is 13.2. The standard InChI is InChI=1S/C13H17NO.C4H4O4/c1-9(5-7-14)11-4-3-10(2)13-12(11)6-8-15-13;5-3(6)1-2-4(7)8/h3-4,6,8-9H,5,7,14H2,1-2H3;1-2H,(H,5,6)(H,7,8). The first-order valence-corrected chi connectivity index (χ1v) is 7.17. The maximum atomic E-state index is 9.55. The van der Waals surface area contributed by atoms with E-state index in [1.54, 1.807) is 6.26 Å². The number of hydrogen-bond acceptors (Lipinski definition) is 4. The summed E-state index contributed by atoms with van der Waals surface area (Å²) in [4.78, 5) is 19.1. The number of hydrogen-bond donors (Lipinski definition) is 3. The molecule has 0 bridgehead atoms. The van der Waals surface area contributed by atoms with E-state index in [4.69, 9.17) is 20.4 Å². The number of nitrogens with two attached hydrogens (primary N) is 1. The molecule has 1 unspecified atom stereocenters. The summed E-state index contributed by atoms with van der Waals surface area (Å²) in [7, 11) is 0. The van der Waals surface area contributed by atoms with Gasteiger partial charge >= 0.3 is 11.9 Å². The molecule has 0 radical (unpaired) electrons. The van der Waals surface area contributed by atoms with Crippen LogP contribution in [0.4, 0.5) is 0 Å². The summed E-state index contributed by atoms with van der Waals surface area (Å²) in [5.74, 6) is -2.02. The fraction of sp³-hybridized carbons (Fsp3) is 0.294. The van der Waals surface area contributed by atoms with Gasteiger partial charge in [0.15, 0.2) is 0 Å². The van der Waals surface area contributed by atoms with E-state index in [2.05, 4.69) is 26.0 Å². The predicted molar refractivity (Wildman–Crippen MR) is 87.4 cm³/mol. The van der Waals surface area contributed by atoms with Crippen molar-refractivity contribution in [2.45, 2.75) is 26.2 Å². The van der Waals surface area contributed by atoms with Gasteiger partial charge < -0.3 is 20.4 Å². The minimum atomic E-state index is -1.26. The molecule has 23 heavy (non-hydrogen) atoms. The zero-order chi connectivity index (χ0) is 17.4. The third-order valence-corrected chi connectivity index (χ3v) is 3.35. The van der Waals surface area contributed by atoms with Crippen molar-refractivity contribution >= 4 is 22.9 Å². The molecule has 1 aromatic heterocycles. The first-order chi connectivity index (χ1) is 10.9. The van der Waals surface area contributed by atoms with Crippen molar-refractivity contribution in [1.29, 1.82) is 0 Å². The number of carboxylic acid groups (broad SMARTS) is 2. The minimum Gasteiger partial charge on any atom is -0.478 e. The first-order valence-electron chi connectivity index (χ1n) is 7.17. The second kappa shape index (κ2) is 8.75. The third kappa shape index (κ3) is 5.60. The zero-order valence-corrected chi connectivity index (χ0v) is 13.2. The minimum absolute atomic E-state index is 0.496. The van der Waals surface area contributed by atoms with Gasteiger partial charge in [0.05, 0.1) is 6.26 Å². The number of furan rings is 1. The van der Waals surface area contributed by atoms with Crippen molar-refractivity contribution in [3.8, 4) is 0 Å². The van der Waals surface area contributed by atoms with Crippen LogP contribution in [0.5, 0.6) is 0 Å². The smallest absolute Gasteiger partial charge is 0.328 e. The van der Waals surface area contributed by atoms with Crippen molar-refractivity contribution < 1.29 is 24.2 Å². The van der Waals surface area contributed by atoms with Gasteiger partial charge in [-0.3, -0.25) is 0 Å². The molecule has 1 atom stereocenters. The molecule has 1 heterocycles. The van der Waals surface area contributed by atoms with Crippen LogP contribution in [0.3, 0.4) is 0 Å². The van der Waals surface area contributed by atoms with Gasteiger partial charge in [-0.25, -0.2) is 9.59 Å². The normalized spacial score (nSPS) is 12.0. The van der Waals surface area contributed by atoms with E-state index in [1.807, 2.05) is 6.07 Å². The maximum Gasteiger partial charge on any atom is 0.328 e. The molecule has 2 aromatic rings. The number of aryl methyl sites for hydroxylation is 1. The van der Waals surface area contributed by atoms with Gasteiger partial charge in [0.1, 0.15) is 5.58 Å². The maximum absolute atomic E-state index is 9.55. The second-order valence-electron chi connectivity index (χ2n) is 5.12. The first kappa shape index (κ1) is 18.4. The fourth-order valence-corrected chi connectivity index (χ4v) is 2.20. The molecule has 4 N–H and O–H groups in total. The monoisotopic (exact) mass is 319 g/mol. The van der Waals surface area contributed by atoms with Crippen LogP contribution >= 0.6 is 0 Å². The lowest BCUT2D eigenvalue weighted by molar-refractivity contribution is -0.134. The highest BCUT2D eigenvalue weighted by molar-refractivity contribution is 5.89. The number of carboxylic acids is 2. The Morgan fingerprint density at radius 3 is 2.35 bits per heavy atom. The summed E-state index contributed by atoms with van der Waals surface area (Å²) >= 11 is 0. The molecule has 0 aliphatic heterocycles. The molecule has 0 spiro atoms. The molecular formula is C17H21NO5. The molecule has 6 nitrogen and oxygen atoms in total. The van der Waals surface area contributed by atoms with Crippen LogP contribution < -0.4 is 5.73 Å². The van der Waals surface area contributed by atoms with E-state index in [-0.39, 0.29) is 0 Å². The van der Waals surface area contributed by atoms with E-state index in [0.717, 1.165) is 18.5 Å². The topological polar surface area (TPSA) is 114 Å². The summed E-state index contributed by atoms with van der Waals surface area (Å²) in [6.07, 6.45) is 3.89. The summed E-state index contributed by atoms with van der Waals surface area (Å²) in [6.45, 7) is 5.02. The van der Waals surface area contributed by atoms with Gasteiger partial charge in [0.2, 0.25) is 0 Å². The Morgan fingerprint density at radius 1 is 1.22 bits per heavy atom. The number of aliphatic carboxylic acids is 2. The van der Waals surface area contributed by atoms with Crippen LogP contribution in [0.25, 0.3) is 11.0 Å². The van der Waals surface area contributed by atoms with Crippen LogP contribution in [0, 0.1) is 6.92 Å². The second-order valence-corrected chi connectivity index (χ2v) is 5.12. The average Bonchev–Trinajstić information content (AvgIpc) is 2.96. The summed E-state index contributed by atoms with van der Waals surface area (Å²) in [6, 6.07) is 6.35. The number of carbonyl (C=O) groups is 2. The third-order valence-electron chi connectivity index (χ3n) is 3.35. The van der Waals surface area contributed by atoms with Crippen molar-refractivity contribution in [2.24, 2.45) is 5.73 Å². The van der Waals surface area contributed by atoms with Crippen LogP contribution in [-0.2, 0) is 9.59 Å². The molecule has 0 amide bonds. The Balaban J connectivity index is 0.000000284. The molecule has 6 heteroatoms. The lowest BCUT2D eigenvalue weighted by Gasteiger charge is -2.12. The highest BCUT2D eigenvalue weighted by Gasteiger charge is 2.11. The van der Waals surface area contributed by atoms with Gasteiger partial charge in [-0.2, -0.15) is 0 Å². The van der Waals surface area contributed by atoms with Crippen LogP contribution in [-0.4, -0.2) is 28.7 Å². The van der Waals surface area contributed by atoms with Crippen molar-refractivity contribution in [1.82, 2.24) is 0 Å². The van der Waals surface area contributed by atoms with Gasteiger partial charge in [0.25, 0.3) is 0 Å². The van der Waals surface area contributed by atoms with Crippen molar-refractivity contribution in [3.63, 3.8) is 0 Å². The highest BCUT2D eigenvalue weighted by Crippen LogP contribution is 2.30. The van der Waals surface area contributed by atoms with Crippen LogP contribution in [0.2, 0.25) is 0 Å². The van der Waals surface area contributed by atoms with Crippen LogP contribution in [0.15, 0.2) is 41.0 Å². The average molecular weight is 319 g/mol. The number of fused-ring (bicyclic) bond motifs is 1. The molecule has 0 aliphatic carbocycles. The Kier molecular flexibility index (Phi) is 7.02. The Labute approximate surface area is 134 Å². The van der Waals surface area contributed by atoms with Crippen molar-refractivity contribution in [3.05, 3.63) is 47.7 Å². The van der Waals surface area contributed by atoms with Gasteiger partial charge in [0, 0.05) is 17.5 Å². The van der Waals surface area contributed by atoms with Crippen LogP contribution in [0.1, 0.15) is 30.4 Å². The van der Waals surface area contributed by atoms with E-state index >= 15 is 0 Å². The summed E-state index contributed by atoms with van der Waals surface area (Å²) in [5.41, 5.74) is 9.14. The molecule has 0 saturated heterocycles. The molecule has 124 valence electrons. The van der Waals surface area contributed by atoms with Gasteiger partial charge in [-0.1, -0.05) is 19.1 Å². The molecular weight excluding hydrogens is 298 g/mol. The van der Waals surface area contributed by atoms with Gasteiger partial charge in [-0.05, 0) is 43.0 Å². The van der Waals surface area contributed by atoms with Gasteiger partial charge in [-0.15, -0.1) is 0 Å². The Hall–Kier alpha value is -2.60. The molecule has 0 fully saturated rings. The molecule has 2 rings (SSSR count). The predicted octanol–water partition coefficient (Wildman–Crippen LogP) is 2.91. The number of benzene rings is 1. The lowest BCUT2D eigenvalue weighted by atomic mass is 9.94. The summed E-state index contributed by atoms with van der Waals surface area (Å²) in [5, 5.41) is 16.9. The molecule has 1 aromatic carbocycles. The Morgan fingerprint density at radius 2 is 1.83 bits per heavy atom. The highest BCUT2D eigenvalue weighted by atomic mass is 16.4. The quantitative estimate of drug-likeness (QED) is 0.730. The molecule has 0 saturated carbocycles. The van der Waals surface area contributed by atoms with E-state index < -0.39 is 11.9 Å².